The van der Waals surface area contributed by atoms with Crippen LogP contribution in [0.3, 0.4) is 0 Å². The number of carboxylic acid groups (broad SMARTS) is 1. The van der Waals surface area contributed by atoms with Crippen LogP contribution in [0.2, 0.25) is 0 Å². The molecule has 3 aromatic rings. The maximum atomic E-state index is 14.2. The van der Waals surface area contributed by atoms with Crippen molar-refractivity contribution in [2.75, 3.05) is 0 Å². The molecular formula is C27H32N4O3S. The van der Waals surface area contributed by atoms with Crippen molar-refractivity contribution in [2.45, 2.75) is 70.4 Å². The average molecular weight is 493 g/mol. The lowest BCUT2D eigenvalue weighted by Gasteiger charge is -2.38. The van der Waals surface area contributed by atoms with Crippen LogP contribution < -0.4 is 0 Å². The monoisotopic (exact) mass is 492 g/mol. The molecule has 4 rings (SSSR count). The van der Waals surface area contributed by atoms with Crippen LogP contribution >= 0.6 is 11.3 Å². The highest BCUT2D eigenvalue weighted by molar-refractivity contribution is 7.09. The summed E-state index contributed by atoms with van der Waals surface area (Å²) in [7, 11) is 0. The van der Waals surface area contributed by atoms with E-state index in [1.54, 1.807) is 41.7 Å². The molecule has 1 fully saturated rings. The number of carbonyl (C=O) groups excluding carboxylic acids is 1. The first-order valence-corrected chi connectivity index (χ1v) is 12.8. The fourth-order valence-electron chi connectivity index (χ4n) is 5.12. The van der Waals surface area contributed by atoms with E-state index in [0.29, 0.717) is 22.8 Å². The number of benzene rings is 1. The van der Waals surface area contributed by atoms with Crippen LogP contribution in [0, 0.1) is 5.92 Å². The molecule has 0 aliphatic carbocycles. The molecule has 0 saturated carbocycles. The number of carbonyl (C=O) groups is 2. The second-order valence-electron chi connectivity index (χ2n) is 10.7. The van der Waals surface area contributed by atoms with Gasteiger partial charge in [0, 0.05) is 35.5 Å². The van der Waals surface area contributed by atoms with Gasteiger partial charge in [0.1, 0.15) is 16.4 Å². The van der Waals surface area contributed by atoms with Gasteiger partial charge in [0.05, 0.1) is 6.04 Å². The zero-order valence-electron chi connectivity index (χ0n) is 20.8. The normalized spacial score (nSPS) is 22.5. The minimum atomic E-state index is -1.41. The van der Waals surface area contributed by atoms with E-state index in [1.165, 1.54) is 11.3 Å². The lowest BCUT2D eigenvalue weighted by molar-refractivity contribution is -0.150. The molecule has 0 unspecified atom stereocenters. The summed E-state index contributed by atoms with van der Waals surface area (Å²) in [6, 6.07) is 8.65. The van der Waals surface area contributed by atoms with Gasteiger partial charge in [0.15, 0.2) is 0 Å². The average Bonchev–Trinajstić information content (AvgIpc) is 3.45. The molecule has 1 N–H and O–H groups in total. The van der Waals surface area contributed by atoms with E-state index in [4.69, 9.17) is 0 Å². The number of carboxylic acids is 1. The lowest BCUT2D eigenvalue weighted by atomic mass is 9.83. The Morgan fingerprint density at radius 3 is 2.29 bits per heavy atom. The van der Waals surface area contributed by atoms with Crippen LogP contribution in [0.4, 0.5) is 0 Å². The van der Waals surface area contributed by atoms with Crippen molar-refractivity contribution in [1.29, 1.82) is 0 Å². The van der Waals surface area contributed by atoms with Gasteiger partial charge in [-0.2, -0.15) is 0 Å². The molecule has 1 saturated heterocycles. The second-order valence-corrected chi connectivity index (χ2v) is 11.6. The van der Waals surface area contributed by atoms with E-state index in [2.05, 4.69) is 35.7 Å². The summed E-state index contributed by atoms with van der Waals surface area (Å²) in [6.07, 6.45) is 5.54. The summed E-state index contributed by atoms with van der Waals surface area (Å²) >= 11 is 1.42. The highest BCUT2D eigenvalue weighted by atomic mass is 32.1. The Bertz CT molecular complexity index is 1170. The zero-order valence-corrected chi connectivity index (χ0v) is 21.6. The Hall–Kier alpha value is -3.13. The molecule has 1 amide bonds. The predicted molar refractivity (Wildman–Crippen MR) is 135 cm³/mol. The quantitative estimate of drug-likeness (QED) is 0.490. The molecule has 3 atom stereocenters. The highest BCUT2D eigenvalue weighted by Crippen LogP contribution is 2.54. The summed E-state index contributed by atoms with van der Waals surface area (Å²) in [4.78, 5) is 42.2. The number of rotatable bonds is 6. The SMILES string of the molecule is CC(C)C[C@@]1(C(=O)O)C[C@H](c2ncccn2)[C@H](c2nccs2)N1C(=O)c1ccc(C(C)(C)C)cc1. The van der Waals surface area contributed by atoms with E-state index in [-0.39, 0.29) is 23.7 Å². The van der Waals surface area contributed by atoms with E-state index >= 15 is 0 Å². The van der Waals surface area contributed by atoms with Crippen LogP contribution in [0.15, 0.2) is 54.3 Å². The Kier molecular flexibility index (Phi) is 6.77. The fraction of sp³-hybridized carbons (Fsp3) is 0.444. The Labute approximate surface area is 210 Å². The Balaban J connectivity index is 1.89. The minimum Gasteiger partial charge on any atom is -0.479 e. The van der Waals surface area contributed by atoms with Gasteiger partial charge in [-0.1, -0.05) is 46.8 Å². The van der Waals surface area contributed by atoms with Crippen LogP contribution in [0.1, 0.15) is 86.2 Å². The Morgan fingerprint density at radius 2 is 1.77 bits per heavy atom. The molecule has 0 bridgehead atoms. The molecule has 1 aliphatic rings. The summed E-state index contributed by atoms with van der Waals surface area (Å²) < 4.78 is 0. The highest BCUT2D eigenvalue weighted by Gasteiger charge is 2.60. The number of thiazole rings is 1. The van der Waals surface area contributed by atoms with Crippen molar-refractivity contribution in [3.8, 4) is 0 Å². The number of hydrogen-bond acceptors (Lipinski definition) is 6. The smallest absolute Gasteiger partial charge is 0.329 e. The summed E-state index contributed by atoms with van der Waals surface area (Å²) in [5.74, 6) is -1.13. The van der Waals surface area contributed by atoms with Crippen molar-refractivity contribution in [3.05, 3.63) is 76.3 Å². The molecule has 2 aromatic heterocycles. The van der Waals surface area contributed by atoms with Gasteiger partial charge in [-0.05, 0) is 47.9 Å². The first-order valence-electron chi connectivity index (χ1n) is 11.9. The first-order chi connectivity index (χ1) is 16.5. The van der Waals surface area contributed by atoms with Gasteiger partial charge in [0.2, 0.25) is 0 Å². The van der Waals surface area contributed by atoms with Gasteiger partial charge in [0.25, 0.3) is 5.91 Å². The number of aliphatic carboxylic acids is 1. The van der Waals surface area contributed by atoms with E-state index in [9.17, 15) is 14.7 Å². The maximum absolute atomic E-state index is 14.2. The third kappa shape index (κ3) is 4.72. The van der Waals surface area contributed by atoms with Crippen LogP contribution in [0.5, 0.6) is 0 Å². The topological polar surface area (TPSA) is 96.3 Å². The van der Waals surface area contributed by atoms with Gasteiger partial charge in [-0.15, -0.1) is 11.3 Å². The van der Waals surface area contributed by atoms with Crippen LogP contribution in [-0.2, 0) is 10.2 Å². The molecule has 0 spiro atoms. The van der Waals surface area contributed by atoms with Crippen molar-refractivity contribution in [3.63, 3.8) is 0 Å². The van der Waals surface area contributed by atoms with Crippen molar-refractivity contribution in [2.24, 2.45) is 5.92 Å². The largest absolute Gasteiger partial charge is 0.479 e. The van der Waals surface area contributed by atoms with E-state index in [1.807, 2.05) is 31.4 Å². The fourth-order valence-corrected chi connectivity index (χ4v) is 5.92. The molecule has 1 aliphatic heterocycles. The molecule has 7 nitrogen and oxygen atoms in total. The third-order valence-corrected chi connectivity index (χ3v) is 7.51. The minimum absolute atomic E-state index is 0.0528. The van der Waals surface area contributed by atoms with Gasteiger partial charge in [-0.25, -0.2) is 19.7 Å². The third-order valence-electron chi connectivity index (χ3n) is 6.66. The standard InChI is InChI=1S/C27H32N4O3S/c1-17(2)15-27(25(33)34)16-20(22-28-11-6-12-29-22)21(23-30-13-14-35-23)31(27)24(32)18-7-9-19(10-8-18)26(3,4)5/h6-14,17,20-21H,15-16H2,1-5H3,(H,33,34)/t20-,21+,27-/m0/s1. The van der Waals surface area contributed by atoms with Crippen LogP contribution in [-0.4, -0.2) is 42.4 Å². The molecule has 1 aromatic carbocycles. The molecule has 35 heavy (non-hydrogen) atoms. The van der Waals surface area contributed by atoms with Crippen molar-refractivity contribution >= 4 is 23.2 Å². The molecule has 8 heteroatoms. The van der Waals surface area contributed by atoms with Crippen LogP contribution in [0.25, 0.3) is 0 Å². The first kappa shape index (κ1) is 25.0. The van der Waals surface area contributed by atoms with Crippen molar-refractivity contribution in [1.82, 2.24) is 19.9 Å². The lowest BCUT2D eigenvalue weighted by Crippen LogP contribution is -2.54. The zero-order chi connectivity index (χ0) is 25.4. The summed E-state index contributed by atoms with van der Waals surface area (Å²) in [5.41, 5.74) is 0.100. The van der Waals surface area contributed by atoms with E-state index in [0.717, 1.165) is 5.56 Å². The maximum Gasteiger partial charge on any atom is 0.329 e. The molecular weight excluding hydrogens is 460 g/mol. The number of hydrogen-bond donors (Lipinski definition) is 1. The van der Waals surface area contributed by atoms with Gasteiger partial charge >= 0.3 is 5.97 Å². The summed E-state index contributed by atoms with van der Waals surface area (Å²) in [6.45, 7) is 10.3. The van der Waals surface area contributed by atoms with Gasteiger partial charge < -0.3 is 10.0 Å². The number of amides is 1. The Morgan fingerprint density at radius 1 is 1.11 bits per heavy atom. The molecule has 3 heterocycles. The molecule has 0 radical (unpaired) electrons. The number of nitrogens with zero attached hydrogens (tertiary/aromatic N) is 4. The summed E-state index contributed by atoms with van der Waals surface area (Å²) in [5, 5.41) is 13.2. The number of likely N-dealkylation sites (tertiary alicyclic amines) is 1. The molecule has 184 valence electrons. The number of aromatic nitrogens is 3. The van der Waals surface area contributed by atoms with Crippen molar-refractivity contribution < 1.29 is 14.7 Å². The van der Waals surface area contributed by atoms with Gasteiger partial charge in [-0.3, -0.25) is 4.79 Å². The predicted octanol–water partition coefficient (Wildman–Crippen LogP) is 5.47. The van der Waals surface area contributed by atoms with E-state index < -0.39 is 23.5 Å². The second kappa shape index (κ2) is 9.49.